The minimum absolute atomic E-state index is 0.365. The number of para-hydroxylation sites is 2. The molecule has 3 rings (SSSR count). The number of hydrogen-bond acceptors (Lipinski definition) is 7. The Bertz CT molecular complexity index is 841. The van der Waals surface area contributed by atoms with E-state index in [1.807, 2.05) is 24.3 Å². The van der Waals surface area contributed by atoms with Crippen molar-refractivity contribution in [2.75, 3.05) is 44.7 Å². The van der Waals surface area contributed by atoms with E-state index in [9.17, 15) is 10.4 Å². The van der Waals surface area contributed by atoms with Gasteiger partial charge < -0.3 is 19.6 Å². The molecule has 1 aromatic carbocycles. The largest absolute Gasteiger partial charge is 0.366 e. The molecule has 1 aliphatic rings. The van der Waals surface area contributed by atoms with E-state index in [1.54, 1.807) is 0 Å². The van der Waals surface area contributed by atoms with E-state index in [0.717, 1.165) is 44.5 Å². The minimum Gasteiger partial charge on any atom is -0.366 e. The van der Waals surface area contributed by atoms with Gasteiger partial charge in [0.05, 0.1) is 23.7 Å². The number of hydrogen-bond donors (Lipinski definition) is 1. The lowest BCUT2D eigenvalue weighted by Gasteiger charge is -2.34. The van der Waals surface area contributed by atoms with Crippen LogP contribution in [0.25, 0.3) is 11.0 Å². The first kappa shape index (κ1) is 21.4. The van der Waals surface area contributed by atoms with Crippen LogP contribution in [0.1, 0.15) is 38.3 Å². The highest BCUT2D eigenvalue weighted by atomic mass is 16.6. The van der Waals surface area contributed by atoms with Crippen LogP contribution >= 0.6 is 0 Å². The van der Waals surface area contributed by atoms with Gasteiger partial charge in [-0.25, -0.2) is 9.97 Å². The number of piperazine rings is 1. The Kier molecular flexibility index (Phi) is 7.37. The van der Waals surface area contributed by atoms with Gasteiger partial charge in [-0.05, 0) is 25.1 Å². The Hall–Kier alpha value is -2.27. The predicted octanol–water partition coefficient (Wildman–Crippen LogP) is 2.76. The van der Waals surface area contributed by atoms with E-state index in [2.05, 4.69) is 36.8 Å². The van der Waals surface area contributed by atoms with E-state index in [4.69, 9.17) is 14.7 Å². The van der Waals surface area contributed by atoms with Crippen LogP contribution in [0.3, 0.4) is 0 Å². The molecule has 0 saturated carbocycles. The first-order valence-electron chi connectivity index (χ1n) is 10.5. The lowest BCUT2D eigenvalue weighted by atomic mass is 10.0. The second-order valence-corrected chi connectivity index (χ2v) is 7.72. The number of likely N-dealkylation sites (N-methyl/N-ethyl adjacent to an activating group) is 1. The van der Waals surface area contributed by atoms with Gasteiger partial charge in [0.15, 0.2) is 12.1 Å². The van der Waals surface area contributed by atoms with Crippen molar-refractivity contribution in [2.24, 2.45) is 5.92 Å². The average molecular weight is 398 g/mol. The fourth-order valence-corrected chi connectivity index (χ4v) is 3.58. The molecule has 0 amide bonds. The second-order valence-electron chi connectivity index (χ2n) is 7.72. The average Bonchev–Trinajstić information content (AvgIpc) is 2.75. The summed E-state index contributed by atoms with van der Waals surface area (Å²) in [7, 11) is 2.10. The Morgan fingerprint density at radius 3 is 2.31 bits per heavy atom. The van der Waals surface area contributed by atoms with Crippen LogP contribution in [0.2, 0.25) is 0 Å². The minimum atomic E-state index is -1.23. The predicted molar refractivity (Wildman–Crippen MR) is 114 cm³/mol. The first-order chi connectivity index (χ1) is 14.1. The number of aliphatic hydroxyl groups is 1. The van der Waals surface area contributed by atoms with E-state index < -0.39 is 12.2 Å². The van der Waals surface area contributed by atoms with Crippen molar-refractivity contribution in [3.63, 3.8) is 0 Å². The van der Waals surface area contributed by atoms with Gasteiger partial charge in [-0.15, -0.1) is 0 Å². The number of aromatic nitrogens is 2. The Morgan fingerprint density at radius 2 is 1.72 bits per heavy atom. The molecule has 29 heavy (non-hydrogen) atoms. The molecular weight excluding hydrogens is 366 g/mol. The van der Waals surface area contributed by atoms with Crippen molar-refractivity contribution in [1.82, 2.24) is 14.9 Å². The number of nitriles is 1. The first-order valence-corrected chi connectivity index (χ1v) is 10.5. The number of benzene rings is 1. The highest BCUT2D eigenvalue weighted by Crippen LogP contribution is 2.30. The maximum absolute atomic E-state index is 10.7. The fraction of sp³-hybridized carbons (Fsp3) is 0.591. The summed E-state index contributed by atoms with van der Waals surface area (Å²) in [6.45, 7) is 8.08. The highest BCUT2D eigenvalue weighted by Gasteiger charge is 2.30. The SMILES string of the molecule is CCC(CC)COC(O)C(C#N)c1nc2ccccc2nc1N1CCN(C)CC1. The van der Waals surface area contributed by atoms with Crippen molar-refractivity contribution in [3.8, 4) is 6.07 Å². The molecule has 2 aromatic rings. The zero-order valence-electron chi connectivity index (χ0n) is 17.6. The molecule has 0 aliphatic carbocycles. The van der Waals surface area contributed by atoms with Gasteiger partial charge in [0, 0.05) is 26.2 Å². The molecule has 2 unspecified atom stereocenters. The summed E-state index contributed by atoms with van der Waals surface area (Å²) >= 11 is 0. The summed E-state index contributed by atoms with van der Waals surface area (Å²) < 4.78 is 5.70. The third-order valence-corrected chi connectivity index (χ3v) is 5.76. The van der Waals surface area contributed by atoms with Crippen LogP contribution in [0, 0.1) is 17.2 Å². The Labute approximate surface area is 172 Å². The Balaban J connectivity index is 1.94. The summed E-state index contributed by atoms with van der Waals surface area (Å²) in [6, 6.07) is 9.85. The van der Waals surface area contributed by atoms with Crippen molar-refractivity contribution < 1.29 is 9.84 Å². The third-order valence-electron chi connectivity index (χ3n) is 5.76. The summed E-state index contributed by atoms with van der Waals surface area (Å²) in [6.07, 6.45) is 0.716. The van der Waals surface area contributed by atoms with Crippen molar-refractivity contribution in [2.45, 2.75) is 38.9 Å². The molecular formula is C22H31N5O2. The van der Waals surface area contributed by atoms with Gasteiger partial charge >= 0.3 is 0 Å². The quantitative estimate of drug-likeness (QED) is 0.686. The number of aliphatic hydroxyl groups excluding tert-OH is 1. The molecule has 1 saturated heterocycles. The molecule has 0 spiro atoms. The number of nitrogens with zero attached hydrogens (tertiary/aromatic N) is 5. The molecule has 1 aromatic heterocycles. The normalized spacial score (nSPS) is 17.4. The number of fused-ring (bicyclic) bond motifs is 1. The van der Waals surface area contributed by atoms with Crippen LogP contribution in [0.5, 0.6) is 0 Å². The molecule has 7 nitrogen and oxygen atoms in total. The van der Waals surface area contributed by atoms with Gasteiger partial charge in [-0.2, -0.15) is 5.26 Å². The van der Waals surface area contributed by atoms with Crippen molar-refractivity contribution >= 4 is 16.9 Å². The number of ether oxygens (including phenoxy) is 1. The van der Waals surface area contributed by atoms with Crippen LogP contribution < -0.4 is 4.90 Å². The van der Waals surface area contributed by atoms with Crippen LogP contribution in [0.15, 0.2) is 24.3 Å². The maximum atomic E-state index is 10.7. The summed E-state index contributed by atoms with van der Waals surface area (Å²) in [5.41, 5.74) is 2.00. The lowest BCUT2D eigenvalue weighted by molar-refractivity contribution is -0.116. The molecule has 1 aliphatic heterocycles. The standard InChI is InChI=1S/C22H31N5O2/c1-4-16(5-2)15-29-22(28)17(14-23)20-21(27-12-10-26(3)11-13-27)25-19-9-7-6-8-18(19)24-20/h6-9,16-17,22,28H,4-5,10-13,15H2,1-3H3. The molecule has 0 bridgehead atoms. The molecule has 7 heteroatoms. The third kappa shape index (κ3) is 5.02. The van der Waals surface area contributed by atoms with Crippen molar-refractivity contribution in [1.29, 1.82) is 5.26 Å². The molecule has 2 heterocycles. The number of anilines is 1. The van der Waals surface area contributed by atoms with Crippen molar-refractivity contribution in [3.05, 3.63) is 30.0 Å². The van der Waals surface area contributed by atoms with Gasteiger partial charge in [0.25, 0.3) is 0 Å². The second kappa shape index (κ2) is 9.97. The molecule has 1 N–H and O–H groups in total. The smallest absolute Gasteiger partial charge is 0.176 e. The van der Waals surface area contributed by atoms with Gasteiger partial charge in [-0.3, -0.25) is 0 Å². The summed E-state index contributed by atoms with van der Waals surface area (Å²) in [5.74, 6) is 0.147. The van der Waals surface area contributed by atoms with Crippen LogP contribution in [-0.4, -0.2) is 66.1 Å². The molecule has 0 radical (unpaired) electrons. The van der Waals surface area contributed by atoms with E-state index in [-0.39, 0.29) is 0 Å². The number of rotatable bonds is 8. The lowest BCUT2D eigenvalue weighted by Crippen LogP contribution is -2.45. The van der Waals surface area contributed by atoms with Gasteiger partial charge in [-0.1, -0.05) is 38.8 Å². The molecule has 1 fully saturated rings. The van der Waals surface area contributed by atoms with E-state index in [1.165, 1.54) is 0 Å². The highest BCUT2D eigenvalue weighted by molar-refractivity contribution is 5.77. The monoisotopic (exact) mass is 397 g/mol. The zero-order valence-corrected chi connectivity index (χ0v) is 17.6. The summed E-state index contributed by atoms with van der Waals surface area (Å²) in [4.78, 5) is 14.0. The van der Waals surface area contributed by atoms with E-state index in [0.29, 0.717) is 29.6 Å². The topological polar surface area (TPSA) is 85.5 Å². The summed E-state index contributed by atoms with van der Waals surface area (Å²) in [5, 5.41) is 20.6. The zero-order chi connectivity index (χ0) is 20.8. The fourth-order valence-electron chi connectivity index (χ4n) is 3.58. The van der Waals surface area contributed by atoms with Crippen LogP contribution in [-0.2, 0) is 4.74 Å². The molecule has 156 valence electrons. The Morgan fingerprint density at radius 1 is 1.10 bits per heavy atom. The van der Waals surface area contributed by atoms with Gasteiger partial charge in [0.2, 0.25) is 0 Å². The van der Waals surface area contributed by atoms with Gasteiger partial charge in [0.1, 0.15) is 11.6 Å². The molecule has 2 atom stereocenters. The maximum Gasteiger partial charge on any atom is 0.176 e. The van der Waals surface area contributed by atoms with Crippen LogP contribution in [0.4, 0.5) is 5.82 Å². The van der Waals surface area contributed by atoms with E-state index >= 15 is 0 Å².